The summed E-state index contributed by atoms with van der Waals surface area (Å²) in [6, 6.07) is 5.25. The normalized spacial score (nSPS) is 25.2. The average Bonchev–Trinajstić information content (AvgIpc) is 3.35. The van der Waals surface area contributed by atoms with E-state index in [-0.39, 0.29) is 23.1 Å². The number of hydrogen-bond donors (Lipinski definition) is 0. The fraction of sp³-hybridized carbons (Fsp3) is 0.667. The van der Waals surface area contributed by atoms with Gasteiger partial charge in [0.25, 0.3) is 0 Å². The first-order valence-electron chi connectivity index (χ1n) is 9.69. The SMILES string of the molecule is CN(C)C(=O)CC1CC2(CCN(CC3CC3)CC2)c2cc(F)ccc21. The van der Waals surface area contributed by atoms with E-state index < -0.39 is 0 Å². The molecule has 136 valence electrons. The maximum atomic E-state index is 14.0. The first kappa shape index (κ1) is 17.0. The number of nitrogens with zero attached hydrogens (tertiary/aromatic N) is 2. The molecule has 2 fully saturated rings. The lowest BCUT2D eigenvalue weighted by Gasteiger charge is -2.40. The standard InChI is InChI=1S/C21H29FN2O/c1-23(2)20(25)11-16-13-21(19-12-17(22)5-6-18(16)19)7-9-24(10-8-21)14-15-3-4-15/h5-6,12,15-16H,3-4,7-11,13-14H2,1-2H3. The van der Waals surface area contributed by atoms with E-state index >= 15 is 0 Å². The fourth-order valence-corrected chi connectivity index (χ4v) is 4.91. The number of halogens is 1. The molecule has 0 aromatic heterocycles. The van der Waals surface area contributed by atoms with Crippen LogP contribution in [0.2, 0.25) is 0 Å². The zero-order valence-electron chi connectivity index (χ0n) is 15.4. The van der Waals surface area contributed by atoms with Crippen molar-refractivity contribution < 1.29 is 9.18 Å². The summed E-state index contributed by atoms with van der Waals surface area (Å²) < 4.78 is 14.0. The molecule has 1 aromatic rings. The van der Waals surface area contributed by atoms with Gasteiger partial charge in [0.1, 0.15) is 5.82 Å². The number of rotatable bonds is 4. The number of amides is 1. The van der Waals surface area contributed by atoms with Crippen LogP contribution < -0.4 is 0 Å². The Morgan fingerprint density at radius 1 is 1.28 bits per heavy atom. The lowest BCUT2D eigenvalue weighted by molar-refractivity contribution is -0.129. The fourth-order valence-electron chi connectivity index (χ4n) is 4.91. The van der Waals surface area contributed by atoms with E-state index in [1.165, 1.54) is 30.5 Å². The van der Waals surface area contributed by atoms with E-state index in [1.54, 1.807) is 17.0 Å². The van der Waals surface area contributed by atoms with E-state index in [4.69, 9.17) is 0 Å². The number of carbonyl (C=O) groups excluding carboxylic acids is 1. The molecule has 1 amide bonds. The van der Waals surface area contributed by atoms with Gasteiger partial charge >= 0.3 is 0 Å². The summed E-state index contributed by atoms with van der Waals surface area (Å²) in [5.41, 5.74) is 2.48. The summed E-state index contributed by atoms with van der Waals surface area (Å²) in [4.78, 5) is 16.5. The van der Waals surface area contributed by atoms with Gasteiger partial charge in [0.15, 0.2) is 0 Å². The van der Waals surface area contributed by atoms with Crippen molar-refractivity contribution in [2.24, 2.45) is 5.92 Å². The van der Waals surface area contributed by atoms with Crippen LogP contribution in [0.25, 0.3) is 0 Å². The maximum absolute atomic E-state index is 14.0. The Morgan fingerprint density at radius 2 is 2.00 bits per heavy atom. The second kappa shape index (κ2) is 6.39. The van der Waals surface area contributed by atoms with E-state index in [0.717, 1.165) is 38.3 Å². The van der Waals surface area contributed by atoms with Gasteiger partial charge in [0.2, 0.25) is 5.91 Å². The number of hydrogen-bond acceptors (Lipinski definition) is 2. The number of fused-ring (bicyclic) bond motifs is 2. The molecule has 1 spiro atoms. The highest BCUT2D eigenvalue weighted by Gasteiger charge is 2.46. The van der Waals surface area contributed by atoms with Gasteiger partial charge in [-0.15, -0.1) is 0 Å². The number of likely N-dealkylation sites (tertiary alicyclic amines) is 1. The molecule has 1 atom stereocenters. The average molecular weight is 344 g/mol. The molecular weight excluding hydrogens is 315 g/mol. The molecule has 1 saturated heterocycles. The summed E-state index contributed by atoms with van der Waals surface area (Å²) in [5.74, 6) is 1.19. The van der Waals surface area contributed by atoms with Crippen LogP contribution in [0.5, 0.6) is 0 Å². The second-order valence-electron chi connectivity index (χ2n) is 8.65. The minimum absolute atomic E-state index is 0.0781. The van der Waals surface area contributed by atoms with Crippen molar-refractivity contribution >= 4 is 5.91 Å². The zero-order valence-corrected chi connectivity index (χ0v) is 15.4. The van der Waals surface area contributed by atoms with Gasteiger partial charge in [-0.1, -0.05) is 6.07 Å². The summed E-state index contributed by atoms with van der Waals surface area (Å²) in [5, 5.41) is 0. The first-order chi connectivity index (χ1) is 12.0. The van der Waals surface area contributed by atoms with Gasteiger partial charge in [0, 0.05) is 27.1 Å². The molecule has 1 aliphatic heterocycles. The third-order valence-corrected chi connectivity index (χ3v) is 6.61. The lowest BCUT2D eigenvalue weighted by Crippen LogP contribution is -2.42. The minimum atomic E-state index is -0.141. The highest BCUT2D eigenvalue weighted by Crippen LogP contribution is 2.53. The van der Waals surface area contributed by atoms with Crippen molar-refractivity contribution in [1.29, 1.82) is 0 Å². The van der Waals surface area contributed by atoms with Crippen LogP contribution in [0.15, 0.2) is 18.2 Å². The lowest BCUT2D eigenvalue weighted by atomic mass is 9.73. The van der Waals surface area contributed by atoms with E-state index in [9.17, 15) is 9.18 Å². The van der Waals surface area contributed by atoms with Crippen LogP contribution in [0.4, 0.5) is 4.39 Å². The molecule has 3 aliphatic rings. The van der Waals surface area contributed by atoms with E-state index in [0.29, 0.717) is 6.42 Å². The Bertz CT molecular complexity index is 660. The third-order valence-electron chi connectivity index (χ3n) is 6.61. The van der Waals surface area contributed by atoms with Crippen LogP contribution in [0.1, 0.15) is 55.6 Å². The minimum Gasteiger partial charge on any atom is -0.349 e. The monoisotopic (exact) mass is 344 g/mol. The Morgan fingerprint density at radius 3 is 2.64 bits per heavy atom. The quantitative estimate of drug-likeness (QED) is 0.834. The van der Waals surface area contributed by atoms with Crippen molar-refractivity contribution in [3.8, 4) is 0 Å². The van der Waals surface area contributed by atoms with Crippen molar-refractivity contribution in [3.63, 3.8) is 0 Å². The largest absolute Gasteiger partial charge is 0.349 e. The van der Waals surface area contributed by atoms with E-state index in [2.05, 4.69) is 4.90 Å². The molecule has 0 N–H and O–H groups in total. The highest BCUT2D eigenvalue weighted by molar-refractivity contribution is 5.77. The molecule has 0 radical (unpaired) electrons. The van der Waals surface area contributed by atoms with Crippen molar-refractivity contribution in [2.75, 3.05) is 33.7 Å². The summed E-state index contributed by atoms with van der Waals surface area (Å²) in [6.45, 7) is 3.47. The highest BCUT2D eigenvalue weighted by atomic mass is 19.1. The van der Waals surface area contributed by atoms with E-state index in [1.807, 2.05) is 20.2 Å². The summed E-state index contributed by atoms with van der Waals surface area (Å²) in [7, 11) is 3.63. The van der Waals surface area contributed by atoms with Gasteiger partial charge in [0.05, 0.1) is 0 Å². The van der Waals surface area contributed by atoms with Gasteiger partial charge < -0.3 is 9.80 Å². The molecule has 1 unspecified atom stereocenters. The van der Waals surface area contributed by atoms with Crippen molar-refractivity contribution in [1.82, 2.24) is 9.80 Å². The molecule has 3 nitrogen and oxygen atoms in total. The topological polar surface area (TPSA) is 23.6 Å². The maximum Gasteiger partial charge on any atom is 0.222 e. The Hall–Kier alpha value is -1.42. The predicted molar refractivity (Wildman–Crippen MR) is 97.1 cm³/mol. The zero-order chi connectivity index (χ0) is 17.6. The molecule has 25 heavy (non-hydrogen) atoms. The Balaban J connectivity index is 1.55. The van der Waals surface area contributed by atoms with Gasteiger partial charge in [-0.25, -0.2) is 4.39 Å². The molecule has 1 heterocycles. The molecule has 0 bridgehead atoms. The Labute approximate surface area is 150 Å². The smallest absolute Gasteiger partial charge is 0.222 e. The first-order valence-corrected chi connectivity index (χ1v) is 9.69. The predicted octanol–water partition coefficient (Wildman–Crippen LogP) is 3.53. The number of piperidine rings is 1. The Kier molecular flexibility index (Phi) is 4.35. The number of benzene rings is 1. The van der Waals surface area contributed by atoms with Gasteiger partial charge in [-0.2, -0.15) is 0 Å². The van der Waals surface area contributed by atoms with Gasteiger partial charge in [-0.05, 0) is 85.7 Å². The molecular formula is C21H29FN2O. The molecule has 1 aromatic carbocycles. The van der Waals surface area contributed by atoms with Crippen LogP contribution >= 0.6 is 0 Å². The van der Waals surface area contributed by atoms with Crippen LogP contribution in [-0.2, 0) is 10.2 Å². The third kappa shape index (κ3) is 3.33. The van der Waals surface area contributed by atoms with Crippen LogP contribution in [0, 0.1) is 11.7 Å². The summed E-state index contributed by atoms with van der Waals surface area (Å²) in [6.07, 6.45) is 6.53. The second-order valence-corrected chi connectivity index (χ2v) is 8.65. The van der Waals surface area contributed by atoms with Crippen molar-refractivity contribution in [2.45, 2.75) is 49.9 Å². The summed E-state index contributed by atoms with van der Waals surface area (Å²) >= 11 is 0. The van der Waals surface area contributed by atoms with Crippen molar-refractivity contribution in [3.05, 3.63) is 35.1 Å². The van der Waals surface area contributed by atoms with Crippen LogP contribution in [-0.4, -0.2) is 49.4 Å². The van der Waals surface area contributed by atoms with Crippen LogP contribution in [0.3, 0.4) is 0 Å². The molecule has 2 aliphatic carbocycles. The molecule has 4 rings (SSSR count). The number of carbonyl (C=O) groups is 1. The molecule has 4 heteroatoms. The molecule has 1 saturated carbocycles. The van der Waals surface area contributed by atoms with Gasteiger partial charge in [-0.3, -0.25) is 4.79 Å².